The number of amides is 2. The molecule has 43 heavy (non-hydrogen) atoms. The molecule has 242 valence electrons. The Morgan fingerprint density at radius 3 is 2.23 bits per heavy atom. The summed E-state index contributed by atoms with van der Waals surface area (Å²) in [6, 6.07) is 6.00. The molecule has 4 aliphatic carbocycles. The van der Waals surface area contributed by atoms with Gasteiger partial charge in [-0.2, -0.15) is 0 Å². The Balaban J connectivity index is 1.24. The van der Waals surface area contributed by atoms with Crippen LogP contribution >= 0.6 is 0 Å². The largest absolute Gasteiger partial charge is 0.393 e. The number of hydrogen-bond donors (Lipinski definition) is 4. The molecular weight excluding hydrogens is 560 g/mol. The van der Waals surface area contributed by atoms with Gasteiger partial charge in [-0.25, -0.2) is 17.9 Å². The van der Waals surface area contributed by atoms with Gasteiger partial charge in [0.2, 0.25) is 0 Å². The standard InChI is InChI=1S/C35H56N2O5S/c1-8-25-29-19-23(38)15-17-35(29,7)28-16-18-34(6)26(13-14-27(34)30(28)31(25)39)21(2)20-36-32(40)37-43(41,42)24-11-9-22(10-12-24)33(3,4)5/h9-12,21,23,25-31,38-39H,8,13-20H2,1-7H3,(H2,36,37,40)/t21-,23-,25-,26-,27+,28+,29+,30+,31-,34-,35-/m1/s1. The highest BCUT2D eigenvalue weighted by Crippen LogP contribution is 2.69. The number of nitrogens with one attached hydrogen (secondary N) is 2. The Kier molecular flexibility index (Phi) is 8.85. The predicted molar refractivity (Wildman–Crippen MR) is 170 cm³/mol. The van der Waals surface area contributed by atoms with Crippen LogP contribution in [0.3, 0.4) is 0 Å². The van der Waals surface area contributed by atoms with Crippen LogP contribution in [-0.4, -0.2) is 43.4 Å². The summed E-state index contributed by atoms with van der Waals surface area (Å²) in [5.74, 6) is 2.40. The van der Waals surface area contributed by atoms with E-state index in [-0.39, 0.29) is 51.1 Å². The van der Waals surface area contributed by atoms with E-state index >= 15 is 0 Å². The van der Waals surface area contributed by atoms with Crippen molar-refractivity contribution in [3.8, 4) is 0 Å². The van der Waals surface area contributed by atoms with Gasteiger partial charge in [0.05, 0.1) is 17.1 Å². The van der Waals surface area contributed by atoms with Crippen molar-refractivity contribution in [2.24, 2.45) is 52.3 Å². The second-order valence-corrected chi connectivity index (χ2v) is 17.9. The zero-order chi connectivity index (χ0) is 31.5. The minimum atomic E-state index is -3.97. The molecule has 0 bridgehead atoms. The third-order valence-electron chi connectivity index (χ3n) is 13.0. The average Bonchev–Trinajstić information content (AvgIpc) is 3.29. The molecule has 7 nitrogen and oxygen atoms in total. The van der Waals surface area contributed by atoms with Crippen LogP contribution in [0.4, 0.5) is 4.79 Å². The number of aliphatic hydroxyl groups excluding tert-OH is 2. The van der Waals surface area contributed by atoms with Crippen molar-refractivity contribution < 1.29 is 23.4 Å². The van der Waals surface area contributed by atoms with Gasteiger partial charge < -0.3 is 15.5 Å². The number of hydrogen-bond acceptors (Lipinski definition) is 5. The van der Waals surface area contributed by atoms with Crippen molar-refractivity contribution in [2.45, 2.75) is 122 Å². The molecule has 2 amide bonds. The molecule has 4 N–H and O–H groups in total. The minimum Gasteiger partial charge on any atom is -0.393 e. The number of benzene rings is 1. The topological polar surface area (TPSA) is 116 Å². The summed E-state index contributed by atoms with van der Waals surface area (Å²) in [6.07, 6.45) is 7.51. The molecule has 4 fully saturated rings. The summed E-state index contributed by atoms with van der Waals surface area (Å²) in [6.45, 7) is 15.9. The van der Waals surface area contributed by atoms with Crippen molar-refractivity contribution in [1.82, 2.24) is 10.0 Å². The van der Waals surface area contributed by atoms with Crippen LogP contribution in [0.1, 0.15) is 105 Å². The van der Waals surface area contributed by atoms with E-state index in [1.165, 1.54) is 0 Å². The van der Waals surface area contributed by atoms with Gasteiger partial charge in [-0.1, -0.05) is 67.0 Å². The maximum atomic E-state index is 12.9. The lowest BCUT2D eigenvalue weighted by molar-refractivity contribution is -0.203. The van der Waals surface area contributed by atoms with Crippen LogP contribution in [0.15, 0.2) is 29.2 Å². The average molecular weight is 617 g/mol. The number of rotatable bonds is 6. The number of aliphatic hydroxyl groups is 2. The highest BCUT2D eigenvalue weighted by Gasteiger charge is 2.64. The molecule has 1 aromatic rings. The van der Waals surface area contributed by atoms with Gasteiger partial charge in [-0.15, -0.1) is 0 Å². The molecule has 0 heterocycles. The number of fused-ring (bicyclic) bond motifs is 5. The summed E-state index contributed by atoms with van der Waals surface area (Å²) in [5.41, 5.74) is 1.19. The van der Waals surface area contributed by atoms with Crippen LogP contribution in [-0.2, 0) is 15.4 Å². The maximum absolute atomic E-state index is 12.9. The molecule has 4 aliphatic rings. The first-order valence-corrected chi connectivity index (χ1v) is 18.3. The van der Waals surface area contributed by atoms with Gasteiger partial charge in [0.1, 0.15) is 0 Å². The Labute approximate surface area is 260 Å². The quantitative estimate of drug-likeness (QED) is 0.302. The molecule has 0 saturated heterocycles. The van der Waals surface area contributed by atoms with E-state index in [1.807, 2.05) is 0 Å². The lowest BCUT2D eigenvalue weighted by Gasteiger charge is -2.64. The van der Waals surface area contributed by atoms with Crippen molar-refractivity contribution in [3.63, 3.8) is 0 Å². The smallest absolute Gasteiger partial charge is 0.328 e. The normalized spacial score (nSPS) is 40.1. The summed E-state index contributed by atoms with van der Waals surface area (Å²) in [4.78, 5) is 12.9. The van der Waals surface area contributed by atoms with Crippen molar-refractivity contribution >= 4 is 16.1 Å². The van der Waals surface area contributed by atoms with Crippen molar-refractivity contribution in [3.05, 3.63) is 29.8 Å². The van der Waals surface area contributed by atoms with Crippen molar-refractivity contribution in [2.75, 3.05) is 6.54 Å². The number of urea groups is 1. The second-order valence-electron chi connectivity index (χ2n) is 16.2. The van der Waals surface area contributed by atoms with Crippen LogP contribution < -0.4 is 10.0 Å². The maximum Gasteiger partial charge on any atom is 0.328 e. The summed E-state index contributed by atoms with van der Waals surface area (Å²) in [5, 5.41) is 25.3. The molecule has 8 heteroatoms. The third kappa shape index (κ3) is 5.78. The minimum absolute atomic E-state index is 0.0754. The zero-order valence-electron chi connectivity index (χ0n) is 27.4. The van der Waals surface area contributed by atoms with Gasteiger partial charge in [0.15, 0.2) is 0 Å². The lowest BCUT2D eigenvalue weighted by atomic mass is 9.41. The monoisotopic (exact) mass is 616 g/mol. The van der Waals surface area contributed by atoms with Gasteiger partial charge in [-0.3, -0.25) is 0 Å². The van der Waals surface area contributed by atoms with Gasteiger partial charge in [-0.05, 0) is 120 Å². The predicted octanol–water partition coefficient (Wildman–Crippen LogP) is 6.23. The fourth-order valence-corrected chi connectivity index (χ4v) is 11.6. The zero-order valence-corrected chi connectivity index (χ0v) is 28.2. The van der Waals surface area contributed by atoms with Crippen LogP contribution in [0, 0.1) is 52.3 Å². The highest BCUT2D eigenvalue weighted by molar-refractivity contribution is 7.90. The van der Waals surface area contributed by atoms with Crippen molar-refractivity contribution in [1.29, 1.82) is 0 Å². The Morgan fingerprint density at radius 2 is 1.60 bits per heavy atom. The van der Waals surface area contributed by atoms with E-state index in [2.05, 4.69) is 58.5 Å². The molecule has 0 radical (unpaired) electrons. The van der Waals surface area contributed by atoms with E-state index in [9.17, 15) is 23.4 Å². The van der Waals surface area contributed by atoms with Crippen LogP contribution in [0.2, 0.25) is 0 Å². The number of carbonyl (C=O) groups excluding carboxylic acids is 1. The summed E-state index contributed by atoms with van der Waals surface area (Å²) in [7, 11) is -3.97. The van der Waals surface area contributed by atoms with Gasteiger partial charge >= 0.3 is 6.03 Å². The van der Waals surface area contributed by atoms with E-state index < -0.39 is 16.1 Å². The number of carbonyl (C=O) groups is 1. The Bertz CT molecular complexity index is 1280. The molecule has 0 spiro atoms. The van der Waals surface area contributed by atoms with Crippen LogP contribution in [0.25, 0.3) is 0 Å². The SMILES string of the molecule is CC[C@H]1[C@@H](O)[C@@H]2[C@H](CC[C@]3(C)[C@@H]([C@H](C)CNC(=O)NS(=O)(=O)c4ccc(C(C)(C)C)cc4)CC[C@@H]23)[C@@]2(C)CC[C@@H](O)C[C@@H]12. The fourth-order valence-electron chi connectivity index (χ4n) is 10.7. The van der Waals surface area contributed by atoms with E-state index in [1.54, 1.807) is 24.3 Å². The first-order valence-electron chi connectivity index (χ1n) is 16.8. The van der Waals surface area contributed by atoms with Crippen LogP contribution in [0.5, 0.6) is 0 Å². The Morgan fingerprint density at radius 1 is 0.977 bits per heavy atom. The fraction of sp³-hybridized carbons (Fsp3) is 0.800. The molecule has 0 unspecified atom stereocenters. The summed E-state index contributed by atoms with van der Waals surface area (Å²) < 4.78 is 28.0. The first-order chi connectivity index (χ1) is 20.0. The van der Waals surface area contributed by atoms with Gasteiger partial charge in [0.25, 0.3) is 10.0 Å². The molecule has 4 saturated carbocycles. The molecule has 0 aromatic heterocycles. The molecule has 11 atom stereocenters. The van der Waals surface area contributed by atoms with E-state index in [0.29, 0.717) is 30.2 Å². The van der Waals surface area contributed by atoms with Gasteiger partial charge in [0, 0.05) is 6.54 Å². The Hall–Kier alpha value is -1.64. The highest BCUT2D eigenvalue weighted by atomic mass is 32.2. The first kappa shape index (κ1) is 32.7. The molecule has 1 aromatic carbocycles. The summed E-state index contributed by atoms with van der Waals surface area (Å²) >= 11 is 0. The van der Waals surface area contributed by atoms with E-state index in [4.69, 9.17) is 0 Å². The molecule has 5 rings (SSSR count). The second kappa shape index (κ2) is 11.6. The lowest BCUT2D eigenvalue weighted by Crippen LogP contribution is -2.62. The third-order valence-corrected chi connectivity index (χ3v) is 14.3. The number of sulfonamides is 1. The van der Waals surface area contributed by atoms with E-state index in [0.717, 1.165) is 56.9 Å². The molecular formula is C35H56N2O5S. The molecule has 0 aliphatic heterocycles.